The fourth-order valence-electron chi connectivity index (χ4n) is 2.23. The Kier molecular flexibility index (Phi) is 4.96. The van der Waals surface area contributed by atoms with Crippen molar-refractivity contribution in [3.63, 3.8) is 0 Å². The van der Waals surface area contributed by atoms with E-state index in [9.17, 15) is 9.18 Å². The van der Waals surface area contributed by atoms with Gasteiger partial charge in [0.05, 0.1) is 12.7 Å². The quantitative estimate of drug-likeness (QED) is 0.926. The van der Waals surface area contributed by atoms with Gasteiger partial charge in [0.25, 0.3) is 0 Å². The number of nitrogens with zero attached hydrogens (tertiary/aromatic N) is 1. The van der Waals surface area contributed by atoms with Gasteiger partial charge in [-0.05, 0) is 24.6 Å². The molecule has 1 aromatic carbocycles. The van der Waals surface area contributed by atoms with Crippen LogP contribution in [0.2, 0.25) is 5.02 Å². The van der Waals surface area contributed by atoms with Crippen LogP contribution in [0.5, 0.6) is 0 Å². The van der Waals surface area contributed by atoms with E-state index in [1.807, 2.05) is 6.92 Å². The third-order valence-corrected chi connectivity index (χ3v) is 3.73. The summed E-state index contributed by atoms with van der Waals surface area (Å²) in [6.45, 7) is 3.47. The molecule has 2 rings (SSSR count). The molecule has 110 valence electrons. The van der Waals surface area contributed by atoms with Crippen molar-refractivity contribution in [2.24, 2.45) is 0 Å². The molecule has 1 fully saturated rings. The first kappa shape index (κ1) is 15.2. The second-order valence-corrected chi connectivity index (χ2v) is 5.34. The number of benzene rings is 1. The number of morpholine rings is 1. The fourth-order valence-corrected chi connectivity index (χ4v) is 2.46. The molecule has 0 radical (unpaired) electrons. The number of halogens is 2. The number of likely N-dealkylation sites (N-methyl/N-ethyl adjacent to an activating group) is 1. The van der Waals surface area contributed by atoms with E-state index in [2.05, 4.69) is 5.32 Å². The van der Waals surface area contributed by atoms with Crippen LogP contribution >= 0.6 is 11.6 Å². The van der Waals surface area contributed by atoms with Gasteiger partial charge in [-0.15, -0.1) is 0 Å². The summed E-state index contributed by atoms with van der Waals surface area (Å²) >= 11 is 5.97. The van der Waals surface area contributed by atoms with Crippen LogP contribution in [0.4, 0.5) is 4.39 Å². The molecule has 1 saturated heterocycles. The first-order chi connectivity index (χ1) is 9.49. The van der Waals surface area contributed by atoms with Gasteiger partial charge in [-0.25, -0.2) is 4.39 Å². The lowest BCUT2D eigenvalue weighted by atomic mass is 10.1. The van der Waals surface area contributed by atoms with Crippen molar-refractivity contribution >= 4 is 17.5 Å². The molecule has 1 heterocycles. The second-order valence-electron chi connectivity index (χ2n) is 4.94. The van der Waals surface area contributed by atoms with Gasteiger partial charge in [-0.3, -0.25) is 4.79 Å². The molecule has 20 heavy (non-hydrogen) atoms. The number of ether oxygens (including phenoxy) is 1. The molecule has 0 bridgehead atoms. The number of rotatable bonds is 3. The zero-order valence-electron chi connectivity index (χ0n) is 11.5. The molecule has 0 spiro atoms. The largest absolute Gasteiger partial charge is 0.375 e. The van der Waals surface area contributed by atoms with E-state index in [0.29, 0.717) is 30.3 Å². The molecule has 1 amide bonds. The van der Waals surface area contributed by atoms with Gasteiger partial charge in [0.2, 0.25) is 5.91 Å². The van der Waals surface area contributed by atoms with Crippen LogP contribution in [0.1, 0.15) is 12.5 Å². The molecule has 0 aliphatic carbocycles. The summed E-state index contributed by atoms with van der Waals surface area (Å²) in [7, 11) is 1.70. The highest BCUT2D eigenvalue weighted by Gasteiger charge is 2.30. The van der Waals surface area contributed by atoms with Crippen LogP contribution in [0.3, 0.4) is 0 Å². The lowest BCUT2D eigenvalue weighted by molar-refractivity contribution is -0.138. The van der Waals surface area contributed by atoms with Gasteiger partial charge >= 0.3 is 0 Å². The summed E-state index contributed by atoms with van der Waals surface area (Å²) in [5.41, 5.74) is 0.716. The van der Waals surface area contributed by atoms with Crippen molar-refractivity contribution in [1.29, 1.82) is 0 Å². The highest BCUT2D eigenvalue weighted by molar-refractivity contribution is 6.31. The Hall–Kier alpha value is -1.17. The maximum Gasteiger partial charge on any atom is 0.242 e. The van der Waals surface area contributed by atoms with Crippen LogP contribution in [-0.4, -0.2) is 43.2 Å². The minimum absolute atomic E-state index is 0.0578. The Morgan fingerprint density at radius 3 is 3.00 bits per heavy atom. The lowest BCUT2D eigenvalue weighted by Crippen LogP contribution is -2.55. The van der Waals surface area contributed by atoms with Gasteiger partial charge < -0.3 is 15.0 Å². The average Bonchev–Trinajstić information content (AvgIpc) is 2.41. The maximum absolute atomic E-state index is 13.0. The van der Waals surface area contributed by atoms with Crippen molar-refractivity contribution in [2.45, 2.75) is 25.6 Å². The van der Waals surface area contributed by atoms with Crippen LogP contribution in [0, 0.1) is 5.82 Å². The number of carbonyl (C=O) groups is 1. The maximum atomic E-state index is 13.0. The summed E-state index contributed by atoms with van der Waals surface area (Å²) in [6.07, 6.45) is -0.164. The molecule has 2 atom stereocenters. The highest BCUT2D eigenvalue weighted by Crippen LogP contribution is 2.19. The lowest BCUT2D eigenvalue weighted by Gasteiger charge is -2.32. The highest BCUT2D eigenvalue weighted by atomic mass is 35.5. The SMILES string of the molecule is C[C@H]1OCCN[C@@H]1C(=O)N(C)Cc1ccc(F)cc1Cl. The smallest absolute Gasteiger partial charge is 0.242 e. The van der Waals surface area contributed by atoms with Gasteiger partial charge in [-0.1, -0.05) is 17.7 Å². The Bertz CT molecular complexity index is 498. The standard InChI is InChI=1S/C14H18ClFN2O2/c1-9-13(17-5-6-20-9)14(19)18(2)8-10-3-4-11(16)7-12(10)15/h3-4,7,9,13,17H,5-6,8H2,1-2H3/t9-,13+/m1/s1. The van der Waals surface area contributed by atoms with Crippen molar-refractivity contribution in [3.8, 4) is 0 Å². The molecule has 4 nitrogen and oxygen atoms in total. The molecule has 6 heteroatoms. The molecule has 1 N–H and O–H groups in total. The number of hydrogen-bond donors (Lipinski definition) is 1. The summed E-state index contributed by atoms with van der Waals surface area (Å²) in [5.74, 6) is -0.443. The molecule has 0 aromatic heterocycles. The van der Waals surface area contributed by atoms with E-state index in [4.69, 9.17) is 16.3 Å². The first-order valence-corrected chi connectivity index (χ1v) is 6.90. The van der Waals surface area contributed by atoms with Gasteiger partial charge in [0.1, 0.15) is 11.9 Å². The van der Waals surface area contributed by atoms with E-state index in [0.717, 1.165) is 0 Å². The zero-order valence-corrected chi connectivity index (χ0v) is 12.3. The Balaban J connectivity index is 2.03. The van der Waals surface area contributed by atoms with Crippen molar-refractivity contribution < 1.29 is 13.9 Å². The molecule has 1 aliphatic heterocycles. The van der Waals surface area contributed by atoms with E-state index >= 15 is 0 Å². The third-order valence-electron chi connectivity index (χ3n) is 3.38. The molecule has 1 aliphatic rings. The number of carbonyl (C=O) groups excluding carboxylic acids is 1. The number of amides is 1. The number of nitrogens with one attached hydrogen (secondary N) is 1. The van der Waals surface area contributed by atoms with E-state index < -0.39 is 0 Å². The van der Waals surface area contributed by atoms with E-state index in [1.165, 1.54) is 12.1 Å². The van der Waals surface area contributed by atoms with Gasteiger partial charge in [0, 0.05) is 25.2 Å². The van der Waals surface area contributed by atoms with Gasteiger partial charge in [-0.2, -0.15) is 0 Å². The normalized spacial score (nSPS) is 22.6. The predicted octanol–water partition coefficient (Wildman–Crippen LogP) is 1.81. The van der Waals surface area contributed by atoms with Crippen LogP contribution in [-0.2, 0) is 16.1 Å². The second kappa shape index (κ2) is 6.52. The van der Waals surface area contributed by atoms with Crippen LogP contribution < -0.4 is 5.32 Å². The molecular formula is C14H18ClFN2O2. The first-order valence-electron chi connectivity index (χ1n) is 6.53. The summed E-state index contributed by atoms with van der Waals surface area (Å²) in [4.78, 5) is 13.9. The number of hydrogen-bond acceptors (Lipinski definition) is 3. The Morgan fingerprint density at radius 2 is 2.35 bits per heavy atom. The van der Waals surface area contributed by atoms with Crippen molar-refractivity contribution in [3.05, 3.63) is 34.6 Å². The summed E-state index contributed by atoms with van der Waals surface area (Å²) < 4.78 is 18.5. The topological polar surface area (TPSA) is 41.6 Å². The van der Waals surface area contributed by atoms with E-state index in [-0.39, 0.29) is 23.9 Å². The fraction of sp³-hybridized carbons (Fsp3) is 0.500. The molecule has 0 unspecified atom stereocenters. The third kappa shape index (κ3) is 3.48. The van der Waals surface area contributed by atoms with Crippen molar-refractivity contribution in [2.75, 3.05) is 20.2 Å². The molecule has 1 aromatic rings. The monoisotopic (exact) mass is 300 g/mol. The van der Waals surface area contributed by atoms with Crippen LogP contribution in [0.25, 0.3) is 0 Å². The summed E-state index contributed by atoms with van der Waals surface area (Å²) in [6, 6.07) is 3.83. The Labute approximate surface area is 122 Å². The van der Waals surface area contributed by atoms with Crippen LogP contribution in [0.15, 0.2) is 18.2 Å². The minimum Gasteiger partial charge on any atom is -0.375 e. The molecule has 0 saturated carbocycles. The minimum atomic E-state index is -0.385. The zero-order chi connectivity index (χ0) is 14.7. The van der Waals surface area contributed by atoms with Crippen molar-refractivity contribution in [1.82, 2.24) is 10.2 Å². The van der Waals surface area contributed by atoms with E-state index in [1.54, 1.807) is 18.0 Å². The predicted molar refractivity (Wildman–Crippen MR) is 75.1 cm³/mol. The summed E-state index contributed by atoms with van der Waals surface area (Å²) in [5, 5.41) is 3.47. The average molecular weight is 301 g/mol. The van der Waals surface area contributed by atoms with Gasteiger partial charge in [0.15, 0.2) is 0 Å². The Morgan fingerprint density at radius 1 is 1.60 bits per heavy atom. The molecular weight excluding hydrogens is 283 g/mol.